The molecule has 1 aliphatic rings. The number of hydrogen-bond donors (Lipinski definition) is 1. The predicted octanol–water partition coefficient (Wildman–Crippen LogP) is 1.04. The second kappa shape index (κ2) is 3.56. The molecule has 0 aromatic heterocycles. The summed E-state index contributed by atoms with van der Waals surface area (Å²) in [7, 11) is 1.49. The smallest absolute Gasteiger partial charge is 0.206 e. The second-order valence-corrected chi connectivity index (χ2v) is 2.59. The van der Waals surface area contributed by atoms with E-state index in [1.54, 1.807) is 0 Å². The highest BCUT2D eigenvalue weighted by Gasteiger charge is 2.21. The first-order valence-corrected chi connectivity index (χ1v) is 3.52. The zero-order valence-electron chi connectivity index (χ0n) is 6.22. The summed E-state index contributed by atoms with van der Waals surface area (Å²) in [6.45, 7) is 1.12. The lowest BCUT2D eigenvalue weighted by atomic mass is 10.5. The zero-order chi connectivity index (χ0) is 7.40. The van der Waals surface area contributed by atoms with E-state index < -0.39 is 0 Å². The molecule has 0 spiro atoms. The van der Waals surface area contributed by atoms with Gasteiger partial charge >= 0.3 is 0 Å². The Balaban J connectivity index is 1.88. The predicted molar refractivity (Wildman–Crippen MR) is 38.3 cm³/mol. The first-order chi connectivity index (χ1) is 4.83. The number of ether oxygens (including phenoxy) is 2. The molecular formula is C7H13NO2. The Bertz CT molecular complexity index is 121. The van der Waals surface area contributed by atoms with E-state index in [2.05, 4.69) is 4.74 Å². The van der Waals surface area contributed by atoms with Crippen molar-refractivity contribution in [1.29, 1.82) is 5.41 Å². The first-order valence-electron chi connectivity index (χ1n) is 3.52. The fourth-order valence-corrected chi connectivity index (χ4v) is 0.662. The second-order valence-electron chi connectivity index (χ2n) is 2.59. The van der Waals surface area contributed by atoms with E-state index in [0.29, 0.717) is 6.61 Å². The molecule has 1 N–H and O–H groups in total. The highest BCUT2D eigenvalue weighted by atomic mass is 16.5. The molecule has 1 rings (SSSR count). The SMILES string of the molecule is COC(=N)COCC1CC1. The molecule has 1 aliphatic carbocycles. The monoisotopic (exact) mass is 143 g/mol. The molecule has 1 fully saturated rings. The Morgan fingerprint density at radius 2 is 2.30 bits per heavy atom. The highest BCUT2D eigenvalue weighted by Crippen LogP contribution is 2.28. The molecule has 58 valence electrons. The van der Waals surface area contributed by atoms with E-state index in [4.69, 9.17) is 10.1 Å². The van der Waals surface area contributed by atoms with Gasteiger partial charge in [-0.1, -0.05) is 0 Å². The van der Waals surface area contributed by atoms with Crippen molar-refractivity contribution in [2.24, 2.45) is 5.92 Å². The van der Waals surface area contributed by atoms with Gasteiger partial charge in [0, 0.05) is 0 Å². The van der Waals surface area contributed by atoms with Crippen molar-refractivity contribution in [3.63, 3.8) is 0 Å². The summed E-state index contributed by atoms with van der Waals surface area (Å²) >= 11 is 0. The van der Waals surface area contributed by atoms with Crippen LogP contribution in [0.2, 0.25) is 0 Å². The zero-order valence-corrected chi connectivity index (χ0v) is 6.22. The molecule has 0 saturated heterocycles. The first kappa shape index (κ1) is 7.54. The molecule has 1 saturated carbocycles. The van der Waals surface area contributed by atoms with Crippen LogP contribution in [0.5, 0.6) is 0 Å². The molecule has 0 aromatic rings. The average Bonchev–Trinajstić information content (AvgIpc) is 2.71. The lowest BCUT2D eigenvalue weighted by molar-refractivity contribution is 0.145. The van der Waals surface area contributed by atoms with Crippen LogP contribution in [0, 0.1) is 11.3 Å². The van der Waals surface area contributed by atoms with E-state index in [1.165, 1.54) is 20.0 Å². The van der Waals surface area contributed by atoms with Crippen LogP contribution in [-0.4, -0.2) is 26.2 Å². The van der Waals surface area contributed by atoms with E-state index in [1.807, 2.05) is 0 Å². The quantitative estimate of drug-likeness (QED) is 0.472. The van der Waals surface area contributed by atoms with Crippen molar-refractivity contribution in [1.82, 2.24) is 0 Å². The molecule has 0 heterocycles. The fraction of sp³-hybridized carbons (Fsp3) is 0.857. The van der Waals surface area contributed by atoms with Gasteiger partial charge in [-0.3, -0.25) is 5.41 Å². The van der Waals surface area contributed by atoms with Gasteiger partial charge in [-0.05, 0) is 18.8 Å². The van der Waals surface area contributed by atoms with Crippen molar-refractivity contribution >= 4 is 5.90 Å². The Hall–Kier alpha value is -0.570. The van der Waals surface area contributed by atoms with Crippen LogP contribution in [0.15, 0.2) is 0 Å². The lowest BCUT2D eigenvalue weighted by Gasteiger charge is -2.02. The summed E-state index contributed by atoms with van der Waals surface area (Å²) in [5.41, 5.74) is 0. The Kier molecular flexibility index (Phi) is 2.68. The van der Waals surface area contributed by atoms with Gasteiger partial charge in [0.15, 0.2) is 0 Å². The van der Waals surface area contributed by atoms with E-state index >= 15 is 0 Å². The molecule has 3 nitrogen and oxygen atoms in total. The third-order valence-electron chi connectivity index (χ3n) is 1.53. The van der Waals surface area contributed by atoms with Crippen molar-refractivity contribution < 1.29 is 9.47 Å². The minimum Gasteiger partial charge on any atom is -0.483 e. The number of rotatable bonds is 4. The Morgan fingerprint density at radius 1 is 1.60 bits per heavy atom. The van der Waals surface area contributed by atoms with Crippen LogP contribution in [0.4, 0.5) is 0 Å². The van der Waals surface area contributed by atoms with Gasteiger partial charge in [0.25, 0.3) is 0 Å². The van der Waals surface area contributed by atoms with Gasteiger partial charge in [-0.2, -0.15) is 0 Å². The standard InChI is InChI=1S/C7H13NO2/c1-9-7(8)5-10-4-6-2-3-6/h6,8H,2-5H2,1H3. The summed E-state index contributed by atoms with van der Waals surface area (Å²) in [6, 6.07) is 0. The topological polar surface area (TPSA) is 42.3 Å². The maximum atomic E-state index is 7.05. The van der Waals surface area contributed by atoms with Crippen molar-refractivity contribution in [2.75, 3.05) is 20.3 Å². The average molecular weight is 143 g/mol. The number of methoxy groups -OCH3 is 1. The van der Waals surface area contributed by atoms with Gasteiger partial charge in [0.2, 0.25) is 5.90 Å². The molecular weight excluding hydrogens is 130 g/mol. The Labute approximate surface area is 60.8 Å². The molecule has 0 unspecified atom stereocenters. The van der Waals surface area contributed by atoms with Crippen LogP contribution < -0.4 is 0 Å². The fourth-order valence-electron chi connectivity index (χ4n) is 0.662. The number of hydrogen-bond acceptors (Lipinski definition) is 3. The lowest BCUT2D eigenvalue weighted by Crippen LogP contribution is -2.10. The van der Waals surface area contributed by atoms with Crippen molar-refractivity contribution in [3.8, 4) is 0 Å². The van der Waals surface area contributed by atoms with Crippen LogP contribution >= 0.6 is 0 Å². The third kappa shape index (κ3) is 2.82. The Morgan fingerprint density at radius 3 is 2.80 bits per heavy atom. The minimum atomic E-state index is 0.209. The van der Waals surface area contributed by atoms with Crippen LogP contribution in [0.25, 0.3) is 0 Å². The van der Waals surface area contributed by atoms with E-state index in [-0.39, 0.29) is 5.90 Å². The normalized spacial score (nSPS) is 16.9. The van der Waals surface area contributed by atoms with Gasteiger partial charge in [-0.15, -0.1) is 0 Å². The third-order valence-corrected chi connectivity index (χ3v) is 1.53. The molecule has 3 heteroatoms. The van der Waals surface area contributed by atoms with E-state index in [0.717, 1.165) is 12.5 Å². The molecule has 0 radical (unpaired) electrons. The van der Waals surface area contributed by atoms with Gasteiger partial charge in [0.05, 0.1) is 13.7 Å². The van der Waals surface area contributed by atoms with Crippen molar-refractivity contribution in [3.05, 3.63) is 0 Å². The summed E-state index contributed by atoms with van der Waals surface area (Å²) in [4.78, 5) is 0. The van der Waals surface area contributed by atoms with E-state index in [9.17, 15) is 0 Å². The van der Waals surface area contributed by atoms with Crippen LogP contribution in [0.3, 0.4) is 0 Å². The minimum absolute atomic E-state index is 0.209. The maximum Gasteiger partial charge on any atom is 0.206 e. The molecule has 0 aliphatic heterocycles. The summed E-state index contributed by atoms with van der Waals surface area (Å²) < 4.78 is 9.77. The molecule has 0 aromatic carbocycles. The summed E-state index contributed by atoms with van der Waals surface area (Å²) in [5, 5.41) is 7.05. The largest absolute Gasteiger partial charge is 0.483 e. The summed E-state index contributed by atoms with van der Waals surface area (Å²) in [5.74, 6) is 0.977. The molecule has 0 amide bonds. The van der Waals surface area contributed by atoms with Gasteiger partial charge < -0.3 is 9.47 Å². The van der Waals surface area contributed by atoms with Gasteiger partial charge in [0.1, 0.15) is 6.61 Å². The van der Waals surface area contributed by atoms with Crippen molar-refractivity contribution in [2.45, 2.75) is 12.8 Å². The molecule has 0 bridgehead atoms. The highest BCUT2D eigenvalue weighted by molar-refractivity contribution is 5.73. The van der Waals surface area contributed by atoms with Gasteiger partial charge in [-0.25, -0.2) is 0 Å². The summed E-state index contributed by atoms with van der Waals surface area (Å²) in [6.07, 6.45) is 2.58. The number of nitrogens with one attached hydrogen (secondary N) is 1. The van der Waals surface area contributed by atoms with Crippen LogP contribution in [0.1, 0.15) is 12.8 Å². The maximum absolute atomic E-state index is 7.05. The van der Waals surface area contributed by atoms with Crippen LogP contribution in [-0.2, 0) is 9.47 Å². The molecule has 0 atom stereocenters. The molecule has 10 heavy (non-hydrogen) atoms.